The number of carboxylic acids is 1. The number of nitrogens with one attached hydrogen (secondary N) is 1. The van der Waals surface area contributed by atoms with E-state index in [9.17, 15) is 13.2 Å². The van der Waals surface area contributed by atoms with Crippen molar-refractivity contribution < 1.29 is 18.3 Å². The Morgan fingerprint density at radius 1 is 1.41 bits per heavy atom. The van der Waals surface area contributed by atoms with E-state index in [-0.39, 0.29) is 11.3 Å². The predicted octanol–water partition coefficient (Wildman–Crippen LogP) is 0.794. The zero-order valence-electron chi connectivity index (χ0n) is 12.3. The van der Waals surface area contributed by atoms with Crippen LogP contribution in [0.4, 0.5) is 0 Å². The van der Waals surface area contributed by atoms with Crippen LogP contribution in [-0.2, 0) is 14.8 Å². The van der Waals surface area contributed by atoms with E-state index in [4.69, 9.17) is 10.8 Å². The number of thioether (sulfide) groups is 1. The maximum Gasteiger partial charge on any atom is 0.328 e. The van der Waals surface area contributed by atoms with Crippen LogP contribution in [0.3, 0.4) is 0 Å². The second-order valence-corrected chi connectivity index (χ2v) is 7.24. The van der Waals surface area contributed by atoms with E-state index >= 15 is 0 Å². The fourth-order valence-corrected chi connectivity index (χ4v) is 2.98. The fraction of sp³-hybridized carbons (Fsp3) is 0.385. The number of guanidine groups is 1. The molecule has 0 aliphatic rings. The Morgan fingerprint density at radius 2 is 2.00 bits per heavy atom. The summed E-state index contributed by atoms with van der Waals surface area (Å²) in [4.78, 5) is 14.8. The van der Waals surface area contributed by atoms with Crippen molar-refractivity contribution in [3.8, 4) is 0 Å². The monoisotopic (exact) mass is 345 g/mol. The minimum Gasteiger partial charge on any atom is -0.480 e. The summed E-state index contributed by atoms with van der Waals surface area (Å²) in [5, 5.41) is 9.05. The lowest BCUT2D eigenvalue weighted by molar-refractivity contribution is -0.138. The summed E-state index contributed by atoms with van der Waals surface area (Å²) in [6.07, 6.45) is 2.11. The minimum atomic E-state index is -3.87. The van der Waals surface area contributed by atoms with Crippen molar-refractivity contribution in [2.24, 2.45) is 10.7 Å². The molecule has 22 heavy (non-hydrogen) atoms. The number of hydrogen-bond donors (Lipinski definition) is 3. The summed E-state index contributed by atoms with van der Waals surface area (Å²) in [7, 11) is -3.87. The molecule has 0 aliphatic carbocycles. The number of carboxylic acid groups (broad SMARTS) is 1. The second-order valence-electron chi connectivity index (χ2n) is 4.57. The van der Waals surface area contributed by atoms with Crippen LogP contribution >= 0.6 is 11.8 Å². The lowest BCUT2D eigenvalue weighted by atomic mass is 10.2. The third kappa shape index (κ3) is 5.57. The lowest BCUT2D eigenvalue weighted by Gasteiger charge is -2.11. The first-order chi connectivity index (χ1) is 10.3. The molecule has 1 rings (SSSR count). The molecule has 0 fully saturated rings. The number of nitrogens with two attached hydrogens (primary N) is 1. The Hall–Kier alpha value is -1.74. The number of nitrogens with zero attached hydrogens (tertiary/aromatic N) is 1. The molecule has 122 valence electrons. The van der Waals surface area contributed by atoms with Crippen LogP contribution in [-0.4, -0.2) is 43.5 Å². The SMILES string of the molecule is CSCC[C@H](N=C(N)NS(=O)(=O)c1ccc(C)cc1)C(=O)O. The average molecular weight is 345 g/mol. The zero-order chi connectivity index (χ0) is 16.8. The molecule has 0 bridgehead atoms. The number of sulfonamides is 1. The van der Waals surface area contributed by atoms with Gasteiger partial charge in [-0.25, -0.2) is 22.9 Å². The molecule has 0 unspecified atom stereocenters. The number of hydrogen-bond acceptors (Lipinski definition) is 5. The standard InChI is InChI=1S/C13H19N3O4S2/c1-9-3-5-10(6-4-9)22(19,20)16-13(14)15-11(12(17)18)7-8-21-2/h3-6,11H,7-8H2,1-2H3,(H,17,18)(H3,14,15,16)/t11-/m0/s1. The van der Waals surface area contributed by atoms with Gasteiger partial charge < -0.3 is 10.8 Å². The molecular formula is C13H19N3O4S2. The third-order valence-corrected chi connectivity index (χ3v) is 4.76. The van der Waals surface area contributed by atoms with Crippen LogP contribution in [0.5, 0.6) is 0 Å². The summed E-state index contributed by atoms with van der Waals surface area (Å²) in [5.41, 5.74) is 6.45. The van der Waals surface area contributed by atoms with Crippen molar-refractivity contribution in [2.45, 2.75) is 24.3 Å². The van der Waals surface area contributed by atoms with Crippen molar-refractivity contribution >= 4 is 33.7 Å². The second kappa shape index (κ2) is 8.04. The van der Waals surface area contributed by atoms with Gasteiger partial charge in [0.2, 0.25) is 5.96 Å². The topological polar surface area (TPSA) is 122 Å². The Bertz CT molecular complexity index is 642. The van der Waals surface area contributed by atoms with Crippen LogP contribution in [0.2, 0.25) is 0 Å². The molecule has 0 aromatic heterocycles. The van der Waals surface area contributed by atoms with E-state index in [0.717, 1.165) is 5.56 Å². The molecule has 0 saturated carbocycles. The number of aliphatic imine (C=N–C) groups is 1. The van der Waals surface area contributed by atoms with Crippen LogP contribution in [0.25, 0.3) is 0 Å². The zero-order valence-corrected chi connectivity index (χ0v) is 13.9. The molecule has 1 atom stereocenters. The van der Waals surface area contributed by atoms with E-state index in [0.29, 0.717) is 5.75 Å². The molecular weight excluding hydrogens is 326 g/mol. The van der Waals surface area contributed by atoms with Crippen LogP contribution in [0, 0.1) is 6.92 Å². The van der Waals surface area contributed by atoms with Crippen LogP contribution in [0.1, 0.15) is 12.0 Å². The van der Waals surface area contributed by atoms with Crippen molar-refractivity contribution in [3.63, 3.8) is 0 Å². The summed E-state index contributed by atoms with van der Waals surface area (Å²) >= 11 is 1.47. The van der Waals surface area contributed by atoms with E-state index in [1.54, 1.807) is 12.1 Å². The Balaban J connectivity index is 2.88. The van der Waals surface area contributed by atoms with Gasteiger partial charge in [-0.2, -0.15) is 11.8 Å². The van der Waals surface area contributed by atoms with Gasteiger partial charge in [0.1, 0.15) is 0 Å². The van der Waals surface area contributed by atoms with E-state index in [2.05, 4.69) is 9.71 Å². The number of carbonyl (C=O) groups is 1. The quantitative estimate of drug-likeness (QED) is 0.496. The van der Waals surface area contributed by atoms with Crippen molar-refractivity contribution in [2.75, 3.05) is 12.0 Å². The Morgan fingerprint density at radius 3 is 2.50 bits per heavy atom. The van der Waals surface area contributed by atoms with Crippen LogP contribution in [0.15, 0.2) is 34.2 Å². The fourth-order valence-electron chi connectivity index (χ4n) is 1.58. The Kier molecular flexibility index (Phi) is 6.69. The van der Waals surface area contributed by atoms with Crippen molar-refractivity contribution in [1.29, 1.82) is 0 Å². The molecule has 0 amide bonds. The third-order valence-electron chi connectivity index (χ3n) is 2.75. The summed E-state index contributed by atoms with van der Waals surface area (Å²) in [6, 6.07) is 5.11. The van der Waals surface area contributed by atoms with Gasteiger partial charge in [0, 0.05) is 0 Å². The van der Waals surface area contributed by atoms with E-state index in [1.807, 2.05) is 13.2 Å². The number of aliphatic carboxylic acids is 1. The molecule has 4 N–H and O–H groups in total. The van der Waals surface area contributed by atoms with Gasteiger partial charge in [0.05, 0.1) is 4.90 Å². The van der Waals surface area contributed by atoms with Gasteiger partial charge in [0.15, 0.2) is 6.04 Å². The molecule has 0 saturated heterocycles. The molecule has 7 nitrogen and oxygen atoms in total. The van der Waals surface area contributed by atoms with Crippen molar-refractivity contribution in [1.82, 2.24) is 4.72 Å². The predicted molar refractivity (Wildman–Crippen MR) is 87.5 cm³/mol. The van der Waals surface area contributed by atoms with E-state index in [1.165, 1.54) is 23.9 Å². The van der Waals surface area contributed by atoms with Gasteiger partial charge in [0.25, 0.3) is 10.0 Å². The highest BCUT2D eigenvalue weighted by Crippen LogP contribution is 2.10. The molecule has 1 aromatic carbocycles. The highest BCUT2D eigenvalue weighted by atomic mass is 32.2. The minimum absolute atomic E-state index is 0.0345. The highest BCUT2D eigenvalue weighted by Gasteiger charge is 2.19. The molecule has 0 heterocycles. The first-order valence-corrected chi connectivity index (χ1v) is 9.28. The summed E-state index contributed by atoms with van der Waals surface area (Å²) in [5.74, 6) is -1.00. The average Bonchev–Trinajstić information content (AvgIpc) is 2.43. The summed E-state index contributed by atoms with van der Waals surface area (Å²) < 4.78 is 26.3. The van der Waals surface area contributed by atoms with Gasteiger partial charge in [-0.15, -0.1) is 0 Å². The van der Waals surface area contributed by atoms with Gasteiger partial charge >= 0.3 is 5.97 Å². The molecule has 0 spiro atoms. The molecule has 0 aliphatic heterocycles. The summed E-state index contributed by atoms with van der Waals surface area (Å²) in [6.45, 7) is 1.84. The normalized spacial score (nSPS) is 13.6. The molecule has 9 heteroatoms. The van der Waals surface area contributed by atoms with Crippen LogP contribution < -0.4 is 10.5 Å². The highest BCUT2D eigenvalue weighted by molar-refractivity contribution is 7.98. The largest absolute Gasteiger partial charge is 0.480 e. The van der Waals surface area contributed by atoms with Crippen molar-refractivity contribution in [3.05, 3.63) is 29.8 Å². The van der Waals surface area contributed by atoms with E-state index < -0.39 is 28.0 Å². The number of rotatable bonds is 7. The van der Waals surface area contributed by atoms with Gasteiger partial charge in [-0.05, 0) is 37.5 Å². The maximum absolute atomic E-state index is 12.1. The lowest BCUT2D eigenvalue weighted by Crippen LogP contribution is -2.38. The maximum atomic E-state index is 12.1. The number of benzene rings is 1. The Labute approximate surface area is 134 Å². The smallest absolute Gasteiger partial charge is 0.328 e. The van der Waals surface area contributed by atoms with Gasteiger partial charge in [-0.1, -0.05) is 17.7 Å². The first kappa shape index (κ1) is 18.3. The molecule has 1 aromatic rings. The number of aryl methyl sites for hydroxylation is 1. The first-order valence-electron chi connectivity index (χ1n) is 6.41. The molecule has 0 radical (unpaired) electrons. The van der Waals surface area contributed by atoms with Gasteiger partial charge in [-0.3, -0.25) is 0 Å².